The molecule has 0 spiro atoms. The lowest BCUT2D eigenvalue weighted by atomic mass is 10.0. The van der Waals surface area contributed by atoms with Gasteiger partial charge < -0.3 is 15.2 Å². The highest BCUT2D eigenvalue weighted by Crippen LogP contribution is 2.30. The molecule has 0 bridgehead atoms. The van der Waals surface area contributed by atoms with Crippen molar-refractivity contribution in [1.82, 2.24) is 14.8 Å². The number of fused-ring (bicyclic) bond motifs is 1. The van der Waals surface area contributed by atoms with Crippen molar-refractivity contribution < 1.29 is 14.6 Å². The molecule has 1 unspecified atom stereocenters. The van der Waals surface area contributed by atoms with E-state index in [0.29, 0.717) is 17.5 Å². The molecule has 21 heavy (non-hydrogen) atoms. The van der Waals surface area contributed by atoms with Crippen LogP contribution in [0.4, 0.5) is 5.95 Å². The molecular formula is C14H14N4O3. The number of carboxylic acids is 1. The highest BCUT2D eigenvalue weighted by molar-refractivity contribution is 5.90. The van der Waals surface area contributed by atoms with Crippen LogP contribution in [0.3, 0.4) is 0 Å². The number of carboxylic acid groups (broad SMARTS) is 1. The number of nitrogens with zero attached hydrogens (tertiary/aromatic N) is 3. The van der Waals surface area contributed by atoms with E-state index < -0.39 is 5.97 Å². The lowest BCUT2D eigenvalue weighted by Crippen LogP contribution is -2.24. The van der Waals surface area contributed by atoms with Gasteiger partial charge in [0.2, 0.25) is 5.95 Å². The van der Waals surface area contributed by atoms with E-state index >= 15 is 0 Å². The van der Waals surface area contributed by atoms with E-state index in [1.54, 1.807) is 24.8 Å². The number of allylic oxidation sites excluding steroid dienone is 1. The third-order valence-corrected chi connectivity index (χ3v) is 3.24. The summed E-state index contributed by atoms with van der Waals surface area (Å²) in [5, 5.41) is 16.3. The summed E-state index contributed by atoms with van der Waals surface area (Å²) in [6, 6.07) is 7.10. The highest BCUT2D eigenvalue weighted by Gasteiger charge is 2.26. The number of methoxy groups -OCH3 is 1. The van der Waals surface area contributed by atoms with Gasteiger partial charge in [0.25, 0.3) is 0 Å². The average molecular weight is 286 g/mol. The molecule has 2 N–H and O–H groups in total. The van der Waals surface area contributed by atoms with Crippen molar-refractivity contribution in [3.63, 3.8) is 0 Å². The number of rotatable bonds is 3. The maximum atomic E-state index is 11.3. The first-order chi connectivity index (χ1) is 10.1. The number of aromatic nitrogens is 3. The minimum atomic E-state index is -1.03. The first kappa shape index (κ1) is 13.2. The molecule has 0 saturated carbocycles. The predicted octanol–water partition coefficient (Wildman–Crippen LogP) is 1.58. The van der Waals surface area contributed by atoms with Crippen LogP contribution in [-0.2, 0) is 4.79 Å². The van der Waals surface area contributed by atoms with E-state index in [4.69, 9.17) is 4.74 Å². The van der Waals surface area contributed by atoms with Gasteiger partial charge in [0.15, 0.2) is 0 Å². The fourth-order valence-electron chi connectivity index (χ4n) is 2.29. The maximum Gasteiger partial charge on any atom is 0.352 e. The minimum absolute atomic E-state index is 0.0859. The third-order valence-electron chi connectivity index (χ3n) is 3.24. The molecule has 1 aliphatic heterocycles. The molecule has 1 atom stereocenters. The first-order valence-corrected chi connectivity index (χ1v) is 6.37. The summed E-state index contributed by atoms with van der Waals surface area (Å²) in [5.41, 5.74) is 0.962. The van der Waals surface area contributed by atoms with Crippen LogP contribution in [0.5, 0.6) is 5.75 Å². The van der Waals surface area contributed by atoms with Crippen LogP contribution in [0.15, 0.2) is 36.0 Å². The van der Waals surface area contributed by atoms with Gasteiger partial charge in [-0.05, 0) is 30.7 Å². The number of hydrogen-bond donors (Lipinski definition) is 2. The molecular weight excluding hydrogens is 272 g/mol. The van der Waals surface area contributed by atoms with Gasteiger partial charge >= 0.3 is 5.97 Å². The highest BCUT2D eigenvalue weighted by atomic mass is 16.5. The Labute approximate surface area is 120 Å². The lowest BCUT2D eigenvalue weighted by Gasteiger charge is -2.22. The summed E-state index contributed by atoms with van der Waals surface area (Å²) in [6.45, 7) is 1.76. The Morgan fingerprint density at radius 1 is 1.48 bits per heavy atom. The summed E-state index contributed by atoms with van der Waals surface area (Å²) in [5.74, 6) is 0.662. The van der Waals surface area contributed by atoms with Crippen LogP contribution < -0.4 is 10.1 Å². The summed E-state index contributed by atoms with van der Waals surface area (Å²) >= 11 is 0. The number of aryl methyl sites for hydroxylation is 1. The lowest BCUT2D eigenvalue weighted by molar-refractivity contribution is -0.132. The Morgan fingerprint density at radius 3 is 3.00 bits per heavy atom. The summed E-state index contributed by atoms with van der Waals surface area (Å²) in [7, 11) is 1.59. The van der Waals surface area contributed by atoms with Crippen LogP contribution in [-0.4, -0.2) is 33.0 Å². The number of hydrogen-bond acceptors (Lipinski definition) is 5. The second kappa shape index (κ2) is 4.93. The van der Waals surface area contributed by atoms with E-state index in [2.05, 4.69) is 15.4 Å². The summed E-state index contributed by atoms with van der Waals surface area (Å²) in [4.78, 5) is 15.5. The maximum absolute atomic E-state index is 11.3. The standard InChI is InChI=1S/C14H14N4O3/c1-8-15-14-16-11(13(19)20)7-12(18(14)17-8)9-4-3-5-10(6-9)21-2/h3-7,12H,1-2H3,(H,19,20)(H,15,16,17). The van der Waals surface area contributed by atoms with Crippen LogP contribution >= 0.6 is 0 Å². The molecule has 0 aliphatic carbocycles. The van der Waals surface area contributed by atoms with Crippen molar-refractivity contribution in [3.8, 4) is 5.75 Å². The fraction of sp³-hybridized carbons (Fsp3) is 0.214. The number of nitrogens with one attached hydrogen (secondary N) is 1. The molecule has 0 fully saturated rings. The van der Waals surface area contributed by atoms with Crippen LogP contribution in [0.2, 0.25) is 0 Å². The van der Waals surface area contributed by atoms with Gasteiger partial charge in [0.1, 0.15) is 23.3 Å². The van der Waals surface area contributed by atoms with Crippen LogP contribution in [0.1, 0.15) is 17.4 Å². The Kier molecular flexibility index (Phi) is 3.09. The molecule has 7 heteroatoms. The van der Waals surface area contributed by atoms with Crippen LogP contribution in [0.25, 0.3) is 0 Å². The second-order valence-electron chi connectivity index (χ2n) is 4.66. The zero-order valence-corrected chi connectivity index (χ0v) is 11.6. The molecule has 1 aromatic carbocycles. The van der Waals surface area contributed by atoms with E-state index in [0.717, 1.165) is 5.56 Å². The number of ether oxygens (including phenoxy) is 1. The SMILES string of the molecule is COc1cccc(C2C=C(C(=O)O)Nc3nc(C)nn32)c1. The summed E-state index contributed by atoms with van der Waals surface area (Å²) < 4.78 is 6.88. The molecule has 2 aromatic rings. The predicted molar refractivity (Wildman–Crippen MR) is 75.2 cm³/mol. The van der Waals surface area contributed by atoms with Gasteiger partial charge in [-0.15, -0.1) is 0 Å². The molecule has 0 amide bonds. The number of carbonyl (C=O) groups is 1. The molecule has 108 valence electrons. The van der Waals surface area contributed by atoms with Crippen molar-refractivity contribution >= 4 is 11.9 Å². The molecule has 0 saturated heterocycles. The number of benzene rings is 1. The van der Waals surface area contributed by atoms with Crippen LogP contribution in [0, 0.1) is 6.92 Å². The quantitative estimate of drug-likeness (QED) is 0.890. The van der Waals surface area contributed by atoms with Gasteiger partial charge in [0, 0.05) is 0 Å². The third kappa shape index (κ3) is 2.33. The Balaban J connectivity index is 2.11. The van der Waals surface area contributed by atoms with Crippen molar-refractivity contribution in [1.29, 1.82) is 0 Å². The number of aliphatic carboxylic acids is 1. The van der Waals surface area contributed by atoms with Gasteiger partial charge in [-0.25, -0.2) is 9.48 Å². The number of anilines is 1. The smallest absolute Gasteiger partial charge is 0.352 e. The van der Waals surface area contributed by atoms with E-state index in [9.17, 15) is 9.90 Å². The van der Waals surface area contributed by atoms with Gasteiger partial charge in [0.05, 0.1) is 7.11 Å². The Bertz CT molecular complexity index is 736. The Morgan fingerprint density at radius 2 is 2.29 bits per heavy atom. The zero-order chi connectivity index (χ0) is 15.0. The average Bonchev–Trinajstić information content (AvgIpc) is 2.86. The van der Waals surface area contributed by atoms with Gasteiger partial charge in [-0.2, -0.15) is 10.1 Å². The van der Waals surface area contributed by atoms with Crippen molar-refractivity contribution in [3.05, 3.63) is 47.4 Å². The fourth-order valence-corrected chi connectivity index (χ4v) is 2.29. The van der Waals surface area contributed by atoms with E-state index in [1.807, 2.05) is 24.3 Å². The monoisotopic (exact) mass is 286 g/mol. The largest absolute Gasteiger partial charge is 0.497 e. The molecule has 2 heterocycles. The van der Waals surface area contributed by atoms with Crippen molar-refractivity contribution in [2.75, 3.05) is 12.4 Å². The van der Waals surface area contributed by atoms with E-state index in [-0.39, 0.29) is 11.7 Å². The van der Waals surface area contributed by atoms with E-state index in [1.165, 1.54) is 0 Å². The molecule has 1 aromatic heterocycles. The topological polar surface area (TPSA) is 89.3 Å². The minimum Gasteiger partial charge on any atom is -0.497 e. The van der Waals surface area contributed by atoms with Crippen molar-refractivity contribution in [2.24, 2.45) is 0 Å². The molecule has 1 aliphatic rings. The van der Waals surface area contributed by atoms with Crippen molar-refractivity contribution in [2.45, 2.75) is 13.0 Å². The molecule has 7 nitrogen and oxygen atoms in total. The normalized spacial score (nSPS) is 16.7. The van der Waals surface area contributed by atoms with Gasteiger partial charge in [-0.3, -0.25) is 0 Å². The zero-order valence-electron chi connectivity index (χ0n) is 11.6. The summed E-state index contributed by atoms with van der Waals surface area (Å²) in [6.07, 6.45) is 1.61. The molecule has 0 radical (unpaired) electrons. The Hall–Kier alpha value is -2.83. The first-order valence-electron chi connectivity index (χ1n) is 6.37. The van der Waals surface area contributed by atoms with Gasteiger partial charge in [-0.1, -0.05) is 12.1 Å². The second-order valence-corrected chi connectivity index (χ2v) is 4.66. The molecule has 3 rings (SSSR count).